The molecule has 1 nitrogen and oxygen atoms in total. The van der Waals surface area contributed by atoms with Crippen molar-refractivity contribution >= 4 is 28.9 Å². The third-order valence-electron chi connectivity index (χ3n) is 1.69. The van der Waals surface area contributed by atoms with E-state index in [1.54, 1.807) is 23.1 Å². The van der Waals surface area contributed by atoms with Crippen LogP contribution < -0.4 is 0 Å². The Hall–Kier alpha value is -0.280. The highest BCUT2D eigenvalue weighted by atomic mass is 32.2. The number of Topliss-reactive ketones (excluding diaryl/α,β-unsaturated/α-hetero) is 1. The van der Waals surface area contributed by atoms with Gasteiger partial charge in [-0.15, -0.1) is 0 Å². The second-order valence-electron chi connectivity index (χ2n) is 2.63. The van der Waals surface area contributed by atoms with Gasteiger partial charge in [0.25, 0.3) is 0 Å². The van der Waals surface area contributed by atoms with Gasteiger partial charge in [-0.25, -0.2) is 0 Å². The van der Waals surface area contributed by atoms with Crippen molar-refractivity contribution in [1.29, 1.82) is 0 Å². The minimum Gasteiger partial charge on any atom is -0.294 e. The molecule has 1 rings (SSSR count). The van der Waals surface area contributed by atoms with Crippen molar-refractivity contribution in [2.24, 2.45) is 0 Å². The van der Waals surface area contributed by atoms with Crippen molar-refractivity contribution < 1.29 is 4.79 Å². The molecular formula is C9H12OS2. The molecule has 1 heterocycles. The lowest BCUT2D eigenvalue weighted by atomic mass is 10.1. The number of carbonyl (C=O) groups is 1. The zero-order valence-corrected chi connectivity index (χ0v) is 8.93. The van der Waals surface area contributed by atoms with Crippen molar-refractivity contribution in [3.63, 3.8) is 0 Å². The summed E-state index contributed by atoms with van der Waals surface area (Å²) in [4.78, 5) is 11.5. The summed E-state index contributed by atoms with van der Waals surface area (Å²) in [5.74, 6) is 1.21. The number of aryl methyl sites for hydroxylation is 1. The molecule has 0 aliphatic heterocycles. The molecule has 0 unspecified atom stereocenters. The standard InChI is InChI=1S/C9H12OS2/c1-7-5-12-6-8(7)9(10)3-4-11-2/h5-6H,3-4H2,1-2H3. The summed E-state index contributed by atoms with van der Waals surface area (Å²) < 4.78 is 0. The number of carbonyl (C=O) groups excluding carboxylic acids is 1. The van der Waals surface area contributed by atoms with Crippen LogP contribution in [0.5, 0.6) is 0 Å². The third kappa shape index (κ3) is 2.35. The van der Waals surface area contributed by atoms with Gasteiger partial charge in [0.1, 0.15) is 0 Å². The van der Waals surface area contributed by atoms with Crippen LogP contribution in [0.15, 0.2) is 10.8 Å². The normalized spacial score (nSPS) is 10.2. The minimum absolute atomic E-state index is 0.281. The van der Waals surface area contributed by atoms with Gasteiger partial charge in [-0.05, 0) is 24.1 Å². The van der Waals surface area contributed by atoms with E-state index in [1.807, 2.05) is 23.9 Å². The Morgan fingerprint density at radius 3 is 2.83 bits per heavy atom. The van der Waals surface area contributed by atoms with Crippen LogP contribution in [0.25, 0.3) is 0 Å². The highest BCUT2D eigenvalue weighted by Gasteiger charge is 2.08. The molecule has 1 aromatic rings. The van der Waals surface area contributed by atoms with E-state index in [0.717, 1.165) is 16.9 Å². The first-order valence-electron chi connectivity index (χ1n) is 3.80. The van der Waals surface area contributed by atoms with E-state index in [0.29, 0.717) is 6.42 Å². The lowest BCUT2D eigenvalue weighted by Crippen LogP contribution is -2.00. The van der Waals surface area contributed by atoms with E-state index in [2.05, 4.69) is 0 Å². The number of rotatable bonds is 4. The van der Waals surface area contributed by atoms with Crippen LogP contribution in [0, 0.1) is 6.92 Å². The van der Waals surface area contributed by atoms with Crippen LogP contribution in [0.2, 0.25) is 0 Å². The number of thioether (sulfide) groups is 1. The van der Waals surface area contributed by atoms with Crippen LogP contribution in [0.1, 0.15) is 22.3 Å². The summed E-state index contributed by atoms with van der Waals surface area (Å²) in [6.45, 7) is 1.99. The predicted molar refractivity (Wildman–Crippen MR) is 56.4 cm³/mol. The van der Waals surface area contributed by atoms with E-state index in [-0.39, 0.29) is 5.78 Å². The molecule has 0 amide bonds. The molecule has 0 aliphatic rings. The number of hydrogen-bond acceptors (Lipinski definition) is 3. The minimum atomic E-state index is 0.281. The highest BCUT2D eigenvalue weighted by molar-refractivity contribution is 7.98. The number of ketones is 1. The second-order valence-corrected chi connectivity index (χ2v) is 4.36. The first kappa shape index (κ1) is 9.81. The molecule has 1 aromatic heterocycles. The molecule has 0 aliphatic carbocycles. The van der Waals surface area contributed by atoms with Crippen LogP contribution in [0.3, 0.4) is 0 Å². The zero-order valence-electron chi connectivity index (χ0n) is 7.29. The summed E-state index contributed by atoms with van der Waals surface area (Å²) in [5, 5.41) is 3.96. The van der Waals surface area contributed by atoms with Gasteiger partial charge in [0, 0.05) is 23.1 Å². The lowest BCUT2D eigenvalue weighted by molar-refractivity contribution is 0.0989. The zero-order chi connectivity index (χ0) is 8.97. The SMILES string of the molecule is CSCCC(=O)c1cscc1C. The summed E-state index contributed by atoms with van der Waals surface area (Å²) in [5.41, 5.74) is 2.03. The summed E-state index contributed by atoms with van der Waals surface area (Å²) in [6, 6.07) is 0. The quantitative estimate of drug-likeness (QED) is 0.695. The molecule has 3 heteroatoms. The van der Waals surface area contributed by atoms with Crippen molar-refractivity contribution in [3.8, 4) is 0 Å². The maximum Gasteiger partial charge on any atom is 0.164 e. The fraction of sp³-hybridized carbons (Fsp3) is 0.444. The Labute approximate surface area is 81.2 Å². The van der Waals surface area contributed by atoms with Gasteiger partial charge in [0.15, 0.2) is 5.78 Å². The Morgan fingerprint density at radius 2 is 2.33 bits per heavy atom. The van der Waals surface area contributed by atoms with Crippen LogP contribution in [0.4, 0.5) is 0 Å². The first-order valence-corrected chi connectivity index (χ1v) is 6.14. The van der Waals surface area contributed by atoms with Crippen molar-refractivity contribution in [2.45, 2.75) is 13.3 Å². The molecule has 0 N–H and O–H groups in total. The lowest BCUT2D eigenvalue weighted by Gasteiger charge is -1.97. The molecule has 0 radical (unpaired) electrons. The van der Waals surface area contributed by atoms with Gasteiger partial charge in [0.2, 0.25) is 0 Å². The van der Waals surface area contributed by atoms with Gasteiger partial charge in [-0.2, -0.15) is 23.1 Å². The van der Waals surface area contributed by atoms with Gasteiger partial charge in [0.05, 0.1) is 0 Å². The van der Waals surface area contributed by atoms with Crippen LogP contribution in [-0.4, -0.2) is 17.8 Å². The number of hydrogen-bond donors (Lipinski definition) is 0. The molecule has 0 saturated heterocycles. The number of thiophene rings is 1. The maximum atomic E-state index is 11.5. The van der Waals surface area contributed by atoms with Gasteiger partial charge < -0.3 is 0 Å². The molecule has 66 valence electrons. The van der Waals surface area contributed by atoms with Crippen molar-refractivity contribution in [1.82, 2.24) is 0 Å². The Balaban J connectivity index is 2.59. The highest BCUT2D eigenvalue weighted by Crippen LogP contribution is 2.16. The predicted octanol–water partition coefficient (Wildman–Crippen LogP) is 2.99. The van der Waals surface area contributed by atoms with E-state index >= 15 is 0 Å². The average Bonchev–Trinajstić information content (AvgIpc) is 2.47. The molecule has 0 aromatic carbocycles. The Morgan fingerprint density at radius 1 is 1.58 bits per heavy atom. The van der Waals surface area contributed by atoms with Crippen molar-refractivity contribution in [3.05, 3.63) is 21.9 Å². The molecule has 0 spiro atoms. The second kappa shape index (κ2) is 4.67. The van der Waals surface area contributed by atoms with Crippen LogP contribution >= 0.6 is 23.1 Å². The van der Waals surface area contributed by atoms with Crippen LogP contribution in [-0.2, 0) is 0 Å². The van der Waals surface area contributed by atoms with E-state index in [1.165, 1.54) is 0 Å². The topological polar surface area (TPSA) is 17.1 Å². The largest absolute Gasteiger partial charge is 0.294 e. The summed E-state index contributed by atoms with van der Waals surface area (Å²) >= 11 is 3.32. The first-order chi connectivity index (χ1) is 5.75. The molecule has 0 fully saturated rings. The smallest absolute Gasteiger partial charge is 0.164 e. The van der Waals surface area contributed by atoms with Gasteiger partial charge in [-0.3, -0.25) is 4.79 Å². The Bertz CT molecular complexity index is 265. The van der Waals surface area contributed by atoms with E-state index in [4.69, 9.17) is 0 Å². The molecular weight excluding hydrogens is 188 g/mol. The van der Waals surface area contributed by atoms with E-state index < -0.39 is 0 Å². The van der Waals surface area contributed by atoms with Crippen molar-refractivity contribution in [2.75, 3.05) is 12.0 Å². The molecule has 0 bridgehead atoms. The fourth-order valence-electron chi connectivity index (χ4n) is 0.976. The van der Waals surface area contributed by atoms with E-state index in [9.17, 15) is 4.79 Å². The monoisotopic (exact) mass is 200 g/mol. The fourth-order valence-corrected chi connectivity index (χ4v) is 2.22. The molecule has 0 saturated carbocycles. The van der Waals surface area contributed by atoms with Gasteiger partial charge in [-0.1, -0.05) is 0 Å². The maximum absolute atomic E-state index is 11.5. The van der Waals surface area contributed by atoms with Gasteiger partial charge >= 0.3 is 0 Å². The molecule has 12 heavy (non-hydrogen) atoms. The summed E-state index contributed by atoms with van der Waals surface area (Å²) in [7, 11) is 0. The third-order valence-corrected chi connectivity index (χ3v) is 3.16. The molecule has 0 atom stereocenters. The summed E-state index contributed by atoms with van der Waals surface area (Å²) in [6.07, 6.45) is 2.69. The average molecular weight is 200 g/mol. The Kier molecular flexibility index (Phi) is 3.82.